The molecular formula is C36H48N16. The van der Waals surface area contributed by atoms with Crippen LogP contribution in [0, 0.1) is 20.8 Å². The molecular weight excluding hydrogens is 657 g/mol. The average molecular weight is 705 g/mol. The van der Waals surface area contributed by atoms with Crippen molar-refractivity contribution in [2.24, 2.45) is 0 Å². The Hall–Kier alpha value is -5.93. The molecule has 16 nitrogen and oxygen atoms in total. The maximum atomic E-state index is 5.66. The first-order valence-corrected chi connectivity index (χ1v) is 17.3. The number of hydrogen-bond acceptors (Lipinski definition) is 12. The maximum absolute atomic E-state index is 5.66. The summed E-state index contributed by atoms with van der Waals surface area (Å²) in [5.74, 6) is 3.80. The zero-order valence-corrected chi connectivity index (χ0v) is 31.8. The number of hydrogen-bond donors (Lipinski definition) is 1. The number of aromatic nitrogens is 15. The number of aryl methyl sites for hydroxylation is 3. The second-order valence-electron chi connectivity index (χ2n) is 13.5. The first-order chi connectivity index (χ1) is 24.8. The fourth-order valence-corrected chi connectivity index (χ4v) is 5.34. The van der Waals surface area contributed by atoms with Gasteiger partial charge in [-0.1, -0.05) is 0 Å². The number of pyridine rings is 2. The molecule has 0 aromatic heterocycles. The lowest BCUT2D eigenvalue weighted by atomic mass is 10.2. The molecule has 0 fully saturated rings. The van der Waals surface area contributed by atoms with Crippen molar-refractivity contribution in [2.45, 2.75) is 100 Å². The average Bonchev–Trinajstić information content (AvgIpc) is 3.93. The number of nitrogen functional groups attached to an aromatic ring is 1. The molecule has 0 bridgehead atoms. The van der Waals surface area contributed by atoms with Gasteiger partial charge in [0.2, 0.25) is 5.82 Å². The van der Waals surface area contributed by atoms with Crippen LogP contribution in [-0.2, 0) is 0 Å². The first-order valence-electron chi connectivity index (χ1n) is 17.3. The highest BCUT2D eigenvalue weighted by Gasteiger charge is 2.17. The molecule has 0 aromatic rings. The first kappa shape index (κ1) is 37.3. The van der Waals surface area contributed by atoms with Crippen LogP contribution in [0.4, 0.5) is 5.82 Å². The van der Waals surface area contributed by atoms with E-state index in [1.807, 2.05) is 31.7 Å². The Bertz CT molecular complexity index is 2000. The van der Waals surface area contributed by atoms with Gasteiger partial charge in [-0.3, -0.25) is 0 Å². The number of nitrogens with two attached hydrogens (primary N) is 1. The lowest BCUT2D eigenvalue weighted by Crippen LogP contribution is -2.15. The van der Waals surface area contributed by atoms with Gasteiger partial charge < -0.3 is 19.4 Å². The minimum Gasteiger partial charge on any atom is -0.380 e. The Morgan fingerprint density at radius 3 is 1.40 bits per heavy atom. The Balaban J connectivity index is 0.000000134. The standard InChI is InChI=1S/2C10H13N3.C9H12N4.C7H10N6/c2*1-7(2)13-5-4-8(3)9-10(13)12-6-11-9;1-6(2)13-5-12-7(3)8-9(13)11-4-10-8;1-4(2)13-11-6(8)5-7(12-13)10-3-9-5/h2*4-7H,1-3H3;4-6H,1-3H3;3-4H,1-2H3,(H2,8,11). The summed E-state index contributed by atoms with van der Waals surface area (Å²) in [4.78, 5) is 39.0. The molecule has 2 N–H and O–H groups in total. The lowest BCUT2D eigenvalue weighted by molar-refractivity contribution is 0.450. The molecule has 0 aliphatic carbocycles. The van der Waals surface area contributed by atoms with Crippen molar-refractivity contribution in [1.82, 2.24) is 73.6 Å². The van der Waals surface area contributed by atoms with Crippen molar-refractivity contribution in [1.29, 1.82) is 0 Å². The molecule has 0 amide bonds. The highest BCUT2D eigenvalue weighted by Crippen LogP contribution is 2.25. The Morgan fingerprint density at radius 2 is 0.923 bits per heavy atom. The van der Waals surface area contributed by atoms with Gasteiger partial charge in [0.1, 0.15) is 42.4 Å². The van der Waals surface area contributed by atoms with E-state index < -0.39 is 0 Å². The van der Waals surface area contributed by atoms with Crippen LogP contribution in [-0.4, -0.2) is 73.6 Å². The monoisotopic (exact) mass is 704 g/mol. The minimum atomic E-state index is 0.170. The van der Waals surface area contributed by atoms with Crippen molar-refractivity contribution in [3.05, 3.63) is 73.0 Å². The van der Waals surface area contributed by atoms with Gasteiger partial charge >= 0.3 is 0 Å². The fourth-order valence-electron chi connectivity index (χ4n) is 5.34. The lowest BCUT2D eigenvalue weighted by Gasteiger charge is -2.15. The fraction of sp³-hybridized carbons (Fsp3) is 0.417. The summed E-state index contributed by atoms with van der Waals surface area (Å²) in [6.07, 6.45) is 12.2. The smallest absolute Gasteiger partial charge is 0.205 e. The van der Waals surface area contributed by atoms with Crippen LogP contribution in [0.5, 0.6) is 0 Å². The van der Waals surface area contributed by atoms with Crippen LogP contribution < -0.4 is 5.73 Å². The summed E-state index contributed by atoms with van der Waals surface area (Å²) in [6.45, 7) is 22.8. The highest BCUT2D eigenvalue weighted by molar-refractivity contribution is 5.63. The number of nitrogens with zero attached hydrogens (tertiary/aromatic N) is 15. The summed E-state index contributed by atoms with van der Waals surface area (Å²) in [7, 11) is 0. The normalized spacial score (nSPS) is 11.4. The van der Waals surface area contributed by atoms with E-state index >= 15 is 0 Å². The molecule has 0 atom stereocenters. The Kier molecular flexibility index (Phi) is 11.5. The van der Waals surface area contributed by atoms with Crippen LogP contribution >= 0.6 is 0 Å². The number of anilines is 1. The van der Waals surface area contributed by atoms with Gasteiger partial charge in [0, 0.05) is 30.5 Å². The Morgan fingerprint density at radius 1 is 0.481 bits per heavy atom. The largest absolute Gasteiger partial charge is 0.380 e. The number of imidazole rings is 4. The zero-order chi connectivity index (χ0) is 37.7. The van der Waals surface area contributed by atoms with Gasteiger partial charge in [-0.25, -0.2) is 44.9 Å². The topological polar surface area (TPSA) is 188 Å². The minimum absolute atomic E-state index is 0.170. The predicted octanol–water partition coefficient (Wildman–Crippen LogP) is 6.55. The maximum Gasteiger partial charge on any atom is 0.205 e. The van der Waals surface area contributed by atoms with Crippen molar-refractivity contribution >= 4 is 5.82 Å². The quantitative estimate of drug-likeness (QED) is 0.208. The molecule has 8 heterocycles. The molecule has 16 heteroatoms. The van der Waals surface area contributed by atoms with Crippen LogP contribution in [0.2, 0.25) is 0 Å². The van der Waals surface area contributed by atoms with E-state index in [-0.39, 0.29) is 6.04 Å². The summed E-state index contributed by atoms with van der Waals surface area (Å²) in [5, 5.41) is 8.20. The predicted molar refractivity (Wildman–Crippen MR) is 200 cm³/mol. The van der Waals surface area contributed by atoms with Crippen molar-refractivity contribution in [3.63, 3.8) is 0 Å². The highest BCUT2D eigenvalue weighted by atomic mass is 15.5. The summed E-state index contributed by atoms with van der Waals surface area (Å²) >= 11 is 0. The number of fused-ring (bicyclic) bond motifs is 4. The van der Waals surface area contributed by atoms with E-state index in [1.165, 1.54) is 22.3 Å². The second kappa shape index (κ2) is 16.0. The van der Waals surface area contributed by atoms with E-state index in [9.17, 15) is 0 Å². The molecule has 0 saturated heterocycles. The Labute approximate surface area is 304 Å². The summed E-state index contributed by atoms with van der Waals surface area (Å²) < 4.78 is 6.29. The molecule has 0 saturated carbocycles. The van der Waals surface area contributed by atoms with Gasteiger partial charge in [-0.2, -0.15) is 4.80 Å². The van der Waals surface area contributed by atoms with E-state index in [0.29, 0.717) is 35.5 Å². The third kappa shape index (κ3) is 8.00. The molecule has 8 aliphatic heterocycles. The van der Waals surface area contributed by atoms with E-state index in [2.05, 4.69) is 144 Å². The molecule has 0 radical (unpaired) electrons. The van der Waals surface area contributed by atoms with Gasteiger partial charge in [0.05, 0.1) is 18.1 Å². The zero-order valence-electron chi connectivity index (χ0n) is 31.8. The molecule has 8 aliphatic rings. The van der Waals surface area contributed by atoms with E-state index in [1.54, 1.807) is 19.0 Å². The van der Waals surface area contributed by atoms with Gasteiger partial charge in [-0.05, 0) is 99.4 Å². The van der Waals surface area contributed by atoms with Gasteiger partial charge in [0.25, 0.3) is 0 Å². The van der Waals surface area contributed by atoms with Crippen LogP contribution in [0.1, 0.15) is 96.4 Å². The van der Waals surface area contributed by atoms with Crippen LogP contribution in [0.15, 0.2) is 56.2 Å². The molecule has 8 rings (SSSR count). The second-order valence-corrected chi connectivity index (χ2v) is 13.5. The van der Waals surface area contributed by atoms with E-state index in [0.717, 1.165) is 40.2 Å². The summed E-state index contributed by atoms with van der Waals surface area (Å²) in [5.41, 5.74) is 12.5. The van der Waals surface area contributed by atoms with E-state index in [4.69, 9.17) is 5.73 Å². The number of rotatable bonds is 4. The molecule has 52 heavy (non-hydrogen) atoms. The van der Waals surface area contributed by atoms with Crippen molar-refractivity contribution in [2.75, 3.05) is 5.73 Å². The molecule has 272 valence electrons. The van der Waals surface area contributed by atoms with Gasteiger partial charge in [0.15, 0.2) is 29.0 Å². The molecule has 0 spiro atoms. The molecule has 0 aromatic carbocycles. The third-order valence-electron chi connectivity index (χ3n) is 8.27. The van der Waals surface area contributed by atoms with Crippen LogP contribution in [0.25, 0.3) is 46.1 Å². The van der Waals surface area contributed by atoms with Gasteiger partial charge in [-0.15, -0.1) is 10.2 Å². The SMILES string of the molecule is CC(C)n1nc2ncnc-2c(N)n1.Cc1ccn(C(C)C)c2ncnc1-2.Cc1ccn(C(C)C)c2ncnc1-2.Cc1ncn(C(C)C)c2ncnc1-2. The summed E-state index contributed by atoms with van der Waals surface area (Å²) in [6, 6.07) is 5.56. The molecule has 0 unspecified atom stereocenters. The third-order valence-corrected chi connectivity index (χ3v) is 8.27. The van der Waals surface area contributed by atoms with Crippen molar-refractivity contribution < 1.29 is 0 Å². The van der Waals surface area contributed by atoms with Crippen LogP contribution in [0.3, 0.4) is 0 Å². The van der Waals surface area contributed by atoms with Crippen molar-refractivity contribution in [3.8, 4) is 46.1 Å².